The number of nitrogens with one attached hydrogen (secondary N) is 1. The fraction of sp³-hybridized carbons (Fsp3) is 0.833. The van der Waals surface area contributed by atoms with Crippen molar-refractivity contribution in [2.75, 3.05) is 6.54 Å². The molecule has 0 aliphatic heterocycles. The number of carbonyl (C=O) groups is 2. The van der Waals surface area contributed by atoms with E-state index in [4.69, 9.17) is 5.11 Å². The third-order valence-corrected chi connectivity index (χ3v) is 3.33. The summed E-state index contributed by atoms with van der Waals surface area (Å²) in [5.74, 6) is -1.55. The van der Waals surface area contributed by atoms with Crippen LogP contribution in [-0.2, 0) is 9.59 Å². The van der Waals surface area contributed by atoms with Crippen molar-refractivity contribution in [1.29, 1.82) is 0 Å². The molecule has 1 aliphatic carbocycles. The van der Waals surface area contributed by atoms with Gasteiger partial charge in [0.15, 0.2) is 0 Å². The van der Waals surface area contributed by atoms with Gasteiger partial charge in [0.2, 0.25) is 5.91 Å². The Morgan fingerprint density at radius 3 is 2.56 bits per heavy atom. The zero-order valence-corrected chi connectivity index (χ0v) is 9.87. The summed E-state index contributed by atoms with van der Waals surface area (Å²) in [6.07, 6.45) is 7.43. The molecule has 1 unspecified atom stereocenters. The van der Waals surface area contributed by atoms with E-state index in [1.165, 1.54) is 32.6 Å². The van der Waals surface area contributed by atoms with Gasteiger partial charge in [-0.25, -0.2) is 0 Å². The highest BCUT2D eigenvalue weighted by Crippen LogP contribution is 2.28. The molecule has 1 atom stereocenters. The van der Waals surface area contributed by atoms with Gasteiger partial charge in [0.05, 0.1) is 0 Å². The lowest BCUT2D eigenvalue weighted by Gasteiger charge is -2.10. The van der Waals surface area contributed by atoms with Crippen LogP contribution in [0.25, 0.3) is 0 Å². The first-order valence-electron chi connectivity index (χ1n) is 6.11. The highest BCUT2D eigenvalue weighted by Gasteiger charge is 2.20. The Hall–Kier alpha value is -1.06. The van der Waals surface area contributed by atoms with Crippen molar-refractivity contribution < 1.29 is 14.7 Å². The van der Waals surface area contributed by atoms with E-state index < -0.39 is 11.9 Å². The van der Waals surface area contributed by atoms with Crippen molar-refractivity contribution in [2.24, 2.45) is 11.8 Å². The first-order chi connectivity index (χ1) is 7.61. The minimum atomic E-state index is -1.06. The SMILES string of the molecule is CC(C(=O)O)C(=O)NCCCC1CCCC1. The molecule has 0 bridgehead atoms. The van der Waals surface area contributed by atoms with Gasteiger partial charge in [-0.2, -0.15) is 0 Å². The molecule has 1 rings (SSSR count). The van der Waals surface area contributed by atoms with Gasteiger partial charge >= 0.3 is 5.97 Å². The number of carboxylic acids is 1. The van der Waals surface area contributed by atoms with Gasteiger partial charge in [-0.05, 0) is 25.7 Å². The fourth-order valence-corrected chi connectivity index (χ4v) is 2.17. The number of carboxylic acid groups (broad SMARTS) is 1. The van der Waals surface area contributed by atoms with E-state index in [2.05, 4.69) is 5.32 Å². The highest BCUT2D eigenvalue weighted by molar-refractivity contribution is 5.96. The second-order valence-corrected chi connectivity index (χ2v) is 4.64. The maximum absolute atomic E-state index is 11.3. The molecule has 0 spiro atoms. The summed E-state index contributed by atoms with van der Waals surface area (Å²) >= 11 is 0. The summed E-state index contributed by atoms with van der Waals surface area (Å²) in [5.41, 5.74) is 0. The number of hydrogen-bond donors (Lipinski definition) is 2. The quantitative estimate of drug-likeness (QED) is 0.537. The molecule has 1 aliphatic rings. The van der Waals surface area contributed by atoms with Crippen LogP contribution in [0.5, 0.6) is 0 Å². The summed E-state index contributed by atoms with van der Waals surface area (Å²) in [5, 5.41) is 11.3. The van der Waals surface area contributed by atoms with E-state index in [0.717, 1.165) is 18.8 Å². The third-order valence-electron chi connectivity index (χ3n) is 3.33. The van der Waals surface area contributed by atoms with Gasteiger partial charge in [0.1, 0.15) is 5.92 Å². The van der Waals surface area contributed by atoms with E-state index in [1.807, 2.05) is 0 Å². The Labute approximate surface area is 96.4 Å². The summed E-state index contributed by atoms with van der Waals surface area (Å²) in [4.78, 5) is 21.8. The van der Waals surface area contributed by atoms with Crippen LogP contribution >= 0.6 is 0 Å². The first-order valence-corrected chi connectivity index (χ1v) is 6.11. The van der Waals surface area contributed by atoms with Crippen molar-refractivity contribution in [3.05, 3.63) is 0 Å². The van der Waals surface area contributed by atoms with Gasteiger partial charge in [0, 0.05) is 6.54 Å². The molecular weight excluding hydrogens is 206 g/mol. The van der Waals surface area contributed by atoms with Crippen molar-refractivity contribution in [1.82, 2.24) is 5.32 Å². The largest absolute Gasteiger partial charge is 0.481 e. The third kappa shape index (κ3) is 4.21. The maximum atomic E-state index is 11.3. The zero-order valence-electron chi connectivity index (χ0n) is 9.87. The van der Waals surface area contributed by atoms with E-state index in [9.17, 15) is 9.59 Å². The molecule has 0 heterocycles. The number of hydrogen-bond acceptors (Lipinski definition) is 2. The van der Waals surface area contributed by atoms with Gasteiger partial charge < -0.3 is 10.4 Å². The van der Waals surface area contributed by atoms with Crippen LogP contribution in [0.3, 0.4) is 0 Å². The molecule has 0 saturated heterocycles. The Morgan fingerprint density at radius 1 is 1.38 bits per heavy atom. The normalized spacial score (nSPS) is 18.3. The van der Waals surface area contributed by atoms with E-state index in [-0.39, 0.29) is 5.91 Å². The molecule has 4 heteroatoms. The van der Waals surface area contributed by atoms with E-state index in [1.54, 1.807) is 0 Å². The molecule has 0 radical (unpaired) electrons. The molecule has 0 aromatic carbocycles. The molecule has 92 valence electrons. The average Bonchev–Trinajstić information content (AvgIpc) is 2.75. The highest BCUT2D eigenvalue weighted by atomic mass is 16.4. The Kier molecular flexibility index (Phi) is 5.29. The molecule has 4 nitrogen and oxygen atoms in total. The van der Waals surface area contributed by atoms with Crippen molar-refractivity contribution in [3.8, 4) is 0 Å². The van der Waals surface area contributed by atoms with E-state index in [0.29, 0.717) is 6.54 Å². The van der Waals surface area contributed by atoms with Crippen LogP contribution in [-0.4, -0.2) is 23.5 Å². The minimum Gasteiger partial charge on any atom is -0.481 e. The predicted octanol–water partition coefficient (Wildman–Crippen LogP) is 1.79. The minimum absolute atomic E-state index is 0.376. The predicted molar refractivity (Wildman–Crippen MR) is 61.0 cm³/mol. The van der Waals surface area contributed by atoms with Crippen LogP contribution in [0.15, 0.2) is 0 Å². The van der Waals surface area contributed by atoms with Gasteiger partial charge in [-0.1, -0.05) is 25.7 Å². The lowest BCUT2D eigenvalue weighted by Crippen LogP contribution is -2.34. The lowest BCUT2D eigenvalue weighted by atomic mass is 10.0. The molecular formula is C12H21NO3. The molecule has 0 aromatic rings. The lowest BCUT2D eigenvalue weighted by molar-refractivity contribution is -0.146. The van der Waals surface area contributed by atoms with Gasteiger partial charge in [-0.15, -0.1) is 0 Å². The molecule has 16 heavy (non-hydrogen) atoms. The standard InChI is InChI=1S/C12H21NO3/c1-9(12(15)16)11(14)13-8-4-7-10-5-2-3-6-10/h9-10H,2-8H2,1H3,(H,13,14)(H,15,16). The Balaban J connectivity index is 2.06. The van der Waals surface area contributed by atoms with Gasteiger partial charge in [0.25, 0.3) is 0 Å². The molecule has 2 N–H and O–H groups in total. The summed E-state index contributed by atoms with van der Waals surface area (Å²) in [6, 6.07) is 0. The van der Waals surface area contributed by atoms with Crippen molar-refractivity contribution >= 4 is 11.9 Å². The molecule has 1 fully saturated rings. The van der Waals surface area contributed by atoms with Crippen LogP contribution in [0, 0.1) is 11.8 Å². The van der Waals surface area contributed by atoms with Crippen LogP contribution < -0.4 is 5.32 Å². The number of amides is 1. The summed E-state index contributed by atoms with van der Waals surface area (Å²) in [7, 11) is 0. The number of rotatable bonds is 6. The number of aliphatic carboxylic acids is 1. The van der Waals surface area contributed by atoms with E-state index >= 15 is 0 Å². The van der Waals surface area contributed by atoms with Crippen molar-refractivity contribution in [3.63, 3.8) is 0 Å². The zero-order chi connectivity index (χ0) is 12.0. The first kappa shape index (κ1) is 13.0. The summed E-state index contributed by atoms with van der Waals surface area (Å²) < 4.78 is 0. The summed E-state index contributed by atoms with van der Waals surface area (Å²) in [6.45, 7) is 2.02. The Bertz CT molecular complexity index is 247. The Morgan fingerprint density at radius 2 is 2.00 bits per heavy atom. The second kappa shape index (κ2) is 6.51. The monoisotopic (exact) mass is 227 g/mol. The molecule has 1 amide bonds. The van der Waals surface area contributed by atoms with Crippen LogP contribution in [0.1, 0.15) is 45.4 Å². The van der Waals surface area contributed by atoms with Crippen LogP contribution in [0.4, 0.5) is 0 Å². The topological polar surface area (TPSA) is 66.4 Å². The smallest absolute Gasteiger partial charge is 0.315 e. The molecule has 0 aromatic heterocycles. The number of carbonyl (C=O) groups excluding carboxylic acids is 1. The van der Waals surface area contributed by atoms with Crippen molar-refractivity contribution in [2.45, 2.75) is 45.4 Å². The maximum Gasteiger partial charge on any atom is 0.315 e. The second-order valence-electron chi connectivity index (χ2n) is 4.64. The average molecular weight is 227 g/mol. The van der Waals surface area contributed by atoms with Gasteiger partial charge in [-0.3, -0.25) is 9.59 Å². The fourth-order valence-electron chi connectivity index (χ4n) is 2.17. The van der Waals surface area contributed by atoms with Crippen LogP contribution in [0.2, 0.25) is 0 Å². The molecule has 1 saturated carbocycles.